The molecule has 3 N–H and O–H groups in total. The Balaban J connectivity index is 1.93. The first kappa shape index (κ1) is 20.7. The van der Waals surface area contributed by atoms with E-state index in [0.29, 0.717) is 23.2 Å². The molecule has 0 unspecified atom stereocenters. The molecule has 0 bridgehead atoms. The van der Waals surface area contributed by atoms with E-state index in [4.69, 9.17) is 10.2 Å². The highest BCUT2D eigenvalue weighted by molar-refractivity contribution is 7.21. The number of nitrogens with zero attached hydrogens (tertiary/aromatic N) is 3. The van der Waals surface area contributed by atoms with Gasteiger partial charge in [0, 0.05) is 23.7 Å². The number of alkyl halides is 2. The van der Waals surface area contributed by atoms with Crippen LogP contribution in [0, 0.1) is 6.92 Å². The lowest BCUT2D eigenvalue weighted by atomic mass is 10.1. The van der Waals surface area contributed by atoms with Gasteiger partial charge in [-0.3, -0.25) is 14.3 Å². The monoisotopic (exact) mass is 445 g/mol. The van der Waals surface area contributed by atoms with Gasteiger partial charge in [0.25, 0.3) is 18.2 Å². The molecule has 0 aliphatic rings. The number of anilines is 1. The maximum atomic E-state index is 13.4. The lowest BCUT2D eigenvalue weighted by Gasteiger charge is -2.09. The summed E-state index contributed by atoms with van der Waals surface area (Å²) in [5, 5.41) is 7.25. The Bertz CT molecular complexity index is 1290. The molecule has 0 aromatic carbocycles. The van der Waals surface area contributed by atoms with E-state index in [1.807, 2.05) is 6.92 Å². The van der Waals surface area contributed by atoms with Crippen molar-refractivity contribution in [2.24, 2.45) is 5.73 Å². The first-order valence-electron chi connectivity index (χ1n) is 9.24. The molecule has 31 heavy (non-hydrogen) atoms. The summed E-state index contributed by atoms with van der Waals surface area (Å²) in [5.41, 5.74) is 6.23. The molecule has 4 rings (SSSR count). The largest absolute Gasteiger partial charge is 0.464 e. The van der Waals surface area contributed by atoms with Crippen molar-refractivity contribution < 1.29 is 22.8 Å². The number of amides is 2. The highest BCUT2D eigenvalue weighted by Crippen LogP contribution is 2.42. The summed E-state index contributed by atoms with van der Waals surface area (Å²) in [5.74, 6) is -1.04. The van der Waals surface area contributed by atoms with Crippen LogP contribution in [0.4, 0.5) is 14.5 Å². The van der Waals surface area contributed by atoms with Crippen molar-refractivity contribution in [3.8, 4) is 11.3 Å². The van der Waals surface area contributed by atoms with Gasteiger partial charge in [-0.15, -0.1) is 11.3 Å². The molecule has 160 valence electrons. The molecule has 0 radical (unpaired) electrons. The van der Waals surface area contributed by atoms with E-state index in [-0.39, 0.29) is 26.7 Å². The van der Waals surface area contributed by atoms with Crippen molar-refractivity contribution >= 4 is 39.1 Å². The number of halogens is 2. The number of nitrogens with two attached hydrogens (primary N) is 1. The Labute approximate surface area is 178 Å². The zero-order chi connectivity index (χ0) is 22.3. The number of furan rings is 1. The average Bonchev–Trinajstić information content (AvgIpc) is 3.46. The lowest BCUT2D eigenvalue weighted by Crippen LogP contribution is -2.17. The number of nitrogens with one attached hydrogen (secondary N) is 1. The fourth-order valence-corrected chi connectivity index (χ4v) is 4.25. The third kappa shape index (κ3) is 3.67. The summed E-state index contributed by atoms with van der Waals surface area (Å²) >= 11 is 0.830. The minimum absolute atomic E-state index is 0.00407. The second-order valence-corrected chi connectivity index (χ2v) is 7.66. The van der Waals surface area contributed by atoms with Gasteiger partial charge in [-0.1, -0.05) is 0 Å². The first-order chi connectivity index (χ1) is 14.8. The van der Waals surface area contributed by atoms with Crippen molar-refractivity contribution in [2.75, 3.05) is 5.32 Å². The summed E-state index contributed by atoms with van der Waals surface area (Å²) in [6.07, 6.45) is 0.146. The smallest absolute Gasteiger partial charge is 0.280 e. The predicted molar refractivity (Wildman–Crippen MR) is 111 cm³/mol. The molecular weight excluding hydrogens is 428 g/mol. The van der Waals surface area contributed by atoms with Crippen LogP contribution in [0.15, 0.2) is 35.1 Å². The number of thiophene rings is 1. The summed E-state index contributed by atoms with van der Waals surface area (Å²) in [6.45, 7) is 4.14. The van der Waals surface area contributed by atoms with E-state index < -0.39 is 23.9 Å². The van der Waals surface area contributed by atoms with Crippen LogP contribution in [-0.2, 0) is 6.54 Å². The summed E-state index contributed by atoms with van der Waals surface area (Å²) in [6, 6.07) is 4.37. The molecule has 0 fully saturated rings. The number of aromatic nitrogens is 3. The average molecular weight is 445 g/mol. The quantitative estimate of drug-likeness (QED) is 0.457. The molecule has 4 aromatic rings. The third-order valence-corrected chi connectivity index (χ3v) is 5.77. The number of primary amides is 1. The third-order valence-electron chi connectivity index (χ3n) is 4.67. The van der Waals surface area contributed by atoms with Crippen molar-refractivity contribution in [2.45, 2.75) is 26.8 Å². The van der Waals surface area contributed by atoms with Gasteiger partial charge in [0.15, 0.2) is 0 Å². The first-order valence-corrected chi connectivity index (χ1v) is 10.1. The van der Waals surface area contributed by atoms with E-state index in [1.54, 1.807) is 29.9 Å². The number of pyridine rings is 1. The van der Waals surface area contributed by atoms with Gasteiger partial charge in [-0.05, 0) is 32.0 Å². The molecule has 8 nitrogen and oxygen atoms in total. The van der Waals surface area contributed by atoms with Crippen LogP contribution in [-0.4, -0.2) is 26.6 Å². The summed E-state index contributed by atoms with van der Waals surface area (Å²) in [7, 11) is 0. The topological polar surface area (TPSA) is 116 Å². The number of hydrogen-bond donors (Lipinski definition) is 2. The van der Waals surface area contributed by atoms with E-state index in [1.165, 1.54) is 12.3 Å². The molecule has 4 aromatic heterocycles. The van der Waals surface area contributed by atoms with Gasteiger partial charge < -0.3 is 15.5 Å². The zero-order valence-corrected chi connectivity index (χ0v) is 17.3. The fourth-order valence-electron chi connectivity index (χ4n) is 3.23. The van der Waals surface area contributed by atoms with Gasteiger partial charge in [-0.2, -0.15) is 5.10 Å². The Kier molecular flexibility index (Phi) is 5.27. The van der Waals surface area contributed by atoms with E-state index in [9.17, 15) is 18.4 Å². The molecule has 0 atom stereocenters. The Morgan fingerprint density at radius 2 is 2.16 bits per heavy atom. The van der Waals surface area contributed by atoms with Crippen LogP contribution in [0.25, 0.3) is 21.5 Å². The maximum absolute atomic E-state index is 13.4. The van der Waals surface area contributed by atoms with Crippen LogP contribution in [0.5, 0.6) is 0 Å². The molecule has 2 amide bonds. The highest BCUT2D eigenvalue weighted by atomic mass is 32.1. The van der Waals surface area contributed by atoms with Crippen molar-refractivity contribution in [3.05, 3.63) is 52.5 Å². The van der Waals surface area contributed by atoms with E-state index in [2.05, 4.69) is 15.4 Å². The normalized spacial score (nSPS) is 11.4. The molecule has 0 aliphatic carbocycles. The fraction of sp³-hybridized carbons (Fsp3) is 0.200. The van der Waals surface area contributed by atoms with Gasteiger partial charge >= 0.3 is 0 Å². The second kappa shape index (κ2) is 7.91. The zero-order valence-electron chi connectivity index (χ0n) is 16.5. The molecule has 0 spiro atoms. The highest BCUT2D eigenvalue weighted by Gasteiger charge is 2.26. The number of carbonyl (C=O) groups excluding carboxylic acids is 2. The molecule has 0 saturated carbocycles. The molecule has 4 heterocycles. The van der Waals surface area contributed by atoms with Gasteiger partial charge in [0.05, 0.1) is 23.2 Å². The van der Waals surface area contributed by atoms with Gasteiger partial charge in [0.2, 0.25) is 0 Å². The Morgan fingerprint density at radius 3 is 2.74 bits per heavy atom. The second-order valence-electron chi connectivity index (χ2n) is 6.66. The standard InChI is InChI=1S/C20H17F2N5O3S/c1-3-27-8-11(9(2)26-27)19(29)25-15-14-10(13-5-4-6-30-13)7-12(17(21)22)24-20(14)31-16(15)18(23)28/h4-8,17H,3H2,1-2H3,(H2,23,28)(H,25,29). The SMILES string of the molecule is CCn1cc(C(=O)Nc2c(C(N)=O)sc3nc(C(F)F)cc(-c4ccco4)c23)c(C)n1. The number of fused-ring (bicyclic) bond motifs is 1. The van der Waals surface area contributed by atoms with Crippen molar-refractivity contribution in [1.29, 1.82) is 0 Å². The number of carbonyl (C=O) groups is 2. The van der Waals surface area contributed by atoms with Crippen molar-refractivity contribution in [3.63, 3.8) is 0 Å². The minimum Gasteiger partial charge on any atom is -0.464 e. The Hall–Kier alpha value is -3.60. The number of rotatable bonds is 6. The Morgan fingerprint density at radius 1 is 1.39 bits per heavy atom. The summed E-state index contributed by atoms with van der Waals surface area (Å²) in [4.78, 5) is 29.2. The van der Waals surface area contributed by atoms with Crippen LogP contribution in [0.3, 0.4) is 0 Å². The molecule has 0 saturated heterocycles. The molecular formula is C20H17F2N5O3S. The van der Waals surface area contributed by atoms with Crippen LogP contribution >= 0.6 is 11.3 Å². The predicted octanol–water partition coefficient (Wildman–Crippen LogP) is 4.37. The van der Waals surface area contributed by atoms with E-state index in [0.717, 1.165) is 11.3 Å². The number of hydrogen-bond acceptors (Lipinski definition) is 6. The summed E-state index contributed by atoms with van der Waals surface area (Å²) < 4.78 is 33.9. The maximum Gasteiger partial charge on any atom is 0.280 e. The van der Waals surface area contributed by atoms with E-state index >= 15 is 0 Å². The van der Waals surface area contributed by atoms with Crippen LogP contribution < -0.4 is 11.1 Å². The number of aryl methyl sites for hydroxylation is 2. The van der Waals surface area contributed by atoms with Crippen molar-refractivity contribution in [1.82, 2.24) is 14.8 Å². The van der Waals surface area contributed by atoms with Crippen LogP contribution in [0.2, 0.25) is 0 Å². The van der Waals surface area contributed by atoms with Gasteiger partial charge in [-0.25, -0.2) is 13.8 Å². The minimum atomic E-state index is -2.84. The van der Waals surface area contributed by atoms with Gasteiger partial charge in [0.1, 0.15) is 21.2 Å². The molecule has 11 heteroatoms. The molecule has 0 aliphatic heterocycles. The van der Waals surface area contributed by atoms with Crippen LogP contribution in [0.1, 0.15) is 44.8 Å². The lowest BCUT2D eigenvalue weighted by molar-refractivity contribution is 0.100.